The Labute approximate surface area is 85.2 Å². The monoisotopic (exact) mass is 197 g/mol. The van der Waals surface area contributed by atoms with E-state index in [0.29, 0.717) is 0 Å². The number of hydrogen-bond donors (Lipinski definition) is 1. The zero-order valence-corrected chi connectivity index (χ0v) is 9.53. The smallest absolute Gasteiger partial charge is 0.127 e. The maximum absolute atomic E-state index is 5.47. The largest absolute Gasteiger partial charge is 0.337 e. The average molecular weight is 197 g/mol. The van der Waals surface area contributed by atoms with Crippen molar-refractivity contribution in [3.8, 4) is 0 Å². The zero-order chi connectivity index (χ0) is 10.8. The van der Waals surface area contributed by atoms with Crippen LogP contribution in [0.3, 0.4) is 0 Å². The first kappa shape index (κ1) is 11.2. The van der Waals surface area contributed by atoms with Gasteiger partial charge in [-0.1, -0.05) is 0 Å². The summed E-state index contributed by atoms with van der Waals surface area (Å²) >= 11 is 0. The molecule has 0 saturated carbocycles. The maximum Gasteiger partial charge on any atom is 0.127 e. The van der Waals surface area contributed by atoms with Gasteiger partial charge in [-0.05, 0) is 27.7 Å². The lowest BCUT2D eigenvalue weighted by atomic mass is 10.2. The molecule has 0 radical (unpaired) electrons. The van der Waals surface area contributed by atoms with Gasteiger partial charge in [0, 0.05) is 19.4 Å². The maximum atomic E-state index is 5.47. The van der Waals surface area contributed by atoms with Gasteiger partial charge < -0.3 is 4.57 Å². The van der Waals surface area contributed by atoms with E-state index in [9.17, 15) is 0 Å². The van der Waals surface area contributed by atoms with Gasteiger partial charge in [0.25, 0.3) is 0 Å². The van der Waals surface area contributed by atoms with E-state index < -0.39 is 0 Å². The van der Waals surface area contributed by atoms with Crippen molar-refractivity contribution in [1.29, 1.82) is 0 Å². The molecule has 0 aromatic carbocycles. The Morgan fingerprint density at radius 3 is 2.57 bits per heavy atom. The molecule has 0 aliphatic heterocycles. The number of aromatic nitrogens is 2. The van der Waals surface area contributed by atoms with Crippen molar-refractivity contribution in [2.75, 3.05) is 0 Å². The molecule has 1 aromatic heterocycles. The quantitative estimate of drug-likeness (QED) is 0.751. The van der Waals surface area contributed by atoms with Crippen molar-refractivity contribution in [2.24, 2.45) is 7.05 Å². The van der Waals surface area contributed by atoms with E-state index in [1.165, 1.54) is 0 Å². The van der Waals surface area contributed by atoms with Crippen LogP contribution >= 0.6 is 0 Å². The van der Waals surface area contributed by atoms with Gasteiger partial charge in [-0.15, -0.1) is 0 Å². The van der Waals surface area contributed by atoms with Crippen LogP contribution in [-0.4, -0.2) is 15.2 Å². The van der Waals surface area contributed by atoms with Crippen LogP contribution < -0.4 is 5.48 Å². The summed E-state index contributed by atoms with van der Waals surface area (Å²) in [5.74, 6) is 0.967. The second kappa shape index (κ2) is 4.11. The number of nitrogens with one attached hydrogen (secondary N) is 1. The highest BCUT2D eigenvalue weighted by Crippen LogP contribution is 2.11. The highest BCUT2D eigenvalue weighted by Gasteiger charge is 2.15. The molecule has 0 aliphatic rings. The third kappa shape index (κ3) is 3.12. The molecule has 80 valence electrons. The predicted octanol–water partition coefficient (Wildman–Crippen LogP) is 1.80. The van der Waals surface area contributed by atoms with E-state index in [1.807, 2.05) is 45.5 Å². The summed E-state index contributed by atoms with van der Waals surface area (Å²) in [6, 6.07) is 0.0919. The van der Waals surface area contributed by atoms with E-state index in [0.717, 1.165) is 5.82 Å². The molecule has 1 aromatic rings. The zero-order valence-electron chi connectivity index (χ0n) is 9.53. The number of rotatable bonds is 3. The number of hydroxylamine groups is 1. The van der Waals surface area contributed by atoms with Gasteiger partial charge in [0.1, 0.15) is 5.82 Å². The van der Waals surface area contributed by atoms with Crippen LogP contribution in [0.5, 0.6) is 0 Å². The molecule has 4 heteroatoms. The Morgan fingerprint density at radius 2 is 2.14 bits per heavy atom. The highest BCUT2D eigenvalue weighted by molar-refractivity contribution is 4.95. The second-order valence-corrected chi connectivity index (χ2v) is 4.45. The van der Waals surface area contributed by atoms with Gasteiger partial charge in [0.2, 0.25) is 0 Å². The molecule has 1 rings (SSSR count). The molecular formula is C10H19N3O. The minimum Gasteiger partial charge on any atom is -0.337 e. The molecule has 0 amide bonds. The van der Waals surface area contributed by atoms with Crippen LogP contribution in [0.2, 0.25) is 0 Å². The standard InChI is InChI=1S/C10H19N3O/c1-8(12-14-10(2,3)4)9-11-6-7-13(9)5/h6-8,12H,1-5H3. The summed E-state index contributed by atoms with van der Waals surface area (Å²) in [6.07, 6.45) is 3.70. The van der Waals surface area contributed by atoms with Crippen LogP contribution in [0, 0.1) is 0 Å². The summed E-state index contributed by atoms with van der Waals surface area (Å²) in [5, 5.41) is 0. The summed E-state index contributed by atoms with van der Waals surface area (Å²) in [7, 11) is 1.97. The summed E-state index contributed by atoms with van der Waals surface area (Å²) < 4.78 is 1.98. The van der Waals surface area contributed by atoms with E-state index >= 15 is 0 Å². The molecule has 4 nitrogen and oxygen atoms in total. The molecule has 1 N–H and O–H groups in total. The normalized spacial score (nSPS) is 14.4. The molecule has 1 atom stereocenters. The van der Waals surface area contributed by atoms with Crippen molar-refractivity contribution < 1.29 is 4.84 Å². The summed E-state index contributed by atoms with van der Waals surface area (Å²) in [4.78, 5) is 9.70. The molecular weight excluding hydrogens is 178 g/mol. The first-order chi connectivity index (χ1) is 6.40. The van der Waals surface area contributed by atoms with E-state index in [2.05, 4.69) is 10.5 Å². The van der Waals surface area contributed by atoms with Gasteiger partial charge in [0.05, 0.1) is 11.6 Å². The minimum atomic E-state index is -0.181. The minimum absolute atomic E-state index is 0.0919. The summed E-state index contributed by atoms with van der Waals surface area (Å²) in [5.41, 5.74) is 2.80. The fourth-order valence-corrected chi connectivity index (χ4v) is 1.11. The second-order valence-electron chi connectivity index (χ2n) is 4.45. The van der Waals surface area contributed by atoms with Crippen LogP contribution in [0.25, 0.3) is 0 Å². The summed E-state index contributed by atoms with van der Waals surface area (Å²) in [6.45, 7) is 8.04. The molecule has 0 aliphatic carbocycles. The Balaban J connectivity index is 2.51. The Kier molecular flexibility index (Phi) is 3.29. The van der Waals surface area contributed by atoms with Gasteiger partial charge >= 0.3 is 0 Å². The lowest BCUT2D eigenvalue weighted by molar-refractivity contribution is -0.0879. The molecule has 0 spiro atoms. The predicted molar refractivity (Wildman–Crippen MR) is 55.6 cm³/mol. The third-order valence-corrected chi connectivity index (χ3v) is 1.79. The van der Waals surface area contributed by atoms with Crippen LogP contribution in [-0.2, 0) is 11.9 Å². The fourth-order valence-electron chi connectivity index (χ4n) is 1.11. The van der Waals surface area contributed by atoms with Gasteiger partial charge in [0.15, 0.2) is 0 Å². The number of nitrogens with zero attached hydrogens (tertiary/aromatic N) is 2. The van der Waals surface area contributed by atoms with Crippen LogP contribution in [0.4, 0.5) is 0 Å². The molecule has 0 fully saturated rings. The van der Waals surface area contributed by atoms with Crippen LogP contribution in [0.1, 0.15) is 39.6 Å². The SMILES string of the molecule is CC(NOC(C)(C)C)c1nccn1C. The van der Waals surface area contributed by atoms with Crippen molar-refractivity contribution in [1.82, 2.24) is 15.0 Å². The van der Waals surface area contributed by atoms with Crippen molar-refractivity contribution >= 4 is 0 Å². The molecule has 0 bridgehead atoms. The molecule has 0 saturated heterocycles. The highest BCUT2D eigenvalue weighted by atomic mass is 16.7. The Hall–Kier alpha value is -0.870. The van der Waals surface area contributed by atoms with E-state index in [-0.39, 0.29) is 11.6 Å². The Morgan fingerprint density at radius 1 is 1.50 bits per heavy atom. The van der Waals surface area contributed by atoms with Gasteiger partial charge in [-0.3, -0.25) is 4.84 Å². The van der Waals surface area contributed by atoms with Gasteiger partial charge in [-0.2, -0.15) is 5.48 Å². The first-order valence-electron chi connectivity index (χ1n) is 4.81. The number of hydrogen-bond acceptors (Lipinski definition) is 3. The third-order valence-electron chi connectivity index (χ3n) is 1.79. The van der Waals surface area contributed by atoms with Crippen molar-refractivity contribution in [2.45, 2.75) is 39.3 Å². The number of imidazole rings is 1. The van der Waals surface area contributed by atoms with Gasteiger partial charge in [-0.25, -0.2) is 4.98 Å². The van der Waals surface area contributed by atoms with Crippen molar-refractivity contribution in [3.63, 3.8) is 0 Å². The average Bonchev–Trinajstić information content (AvgIpc) is 2.46. The van der Waals surface area contributed by atoms with E-state index in [4.69, 9.17) is 4.84 Å². The lowest BCUT2D eigenvalue weighted by Crippen LogP contribution is -2.31. The fraction of sp³-hybridized carbons (Fsp3) is 0.700. The topological polar surface area (TPSA) is 39.1 Å². The molecule has 1 heterocycles. The van der Waals surface area contributed by atoms with E-state index in [1.54, 1.807) is 6.20 Å². The van der Waals surface area contributed by atoms with Crippen LogP contribution in [0.15, 0.2) is 12.4 Å². The Bertz CT molecular complexity index is 288. The number of aryl methyl sites for hydroxylation is 1. The molecule has 1 unspecified atom stereocenters. The lowest BCUT2D eigenvalue weighted by Gasteiger charge is -2.22. The molecule has 14 heavy (non-hydrogen) atoms. The van der Waals surface area contributed by atoms with Crippen molar-refractivity contribution in [3.05, 3.63) is 18.2 Å². The first-order valence-corrected chi connectivity index (χ1v) is 4.81.